The van der Waals surface area contributed by atoms with Crippen molar-refractivity contribution >= 4 is 69.1 Å². The summed E-state index contributed by atoms with van der Waals surface area (Å²) in [5.74, 6) is 0.434. The summed E-state index contributed by atoms with van der Waals surface area (Å²) in [6.07, 6.45) is 3.94. The average Bonchev–Trinajstić information content (AvgIpc) is 3.37. The van der Waals surface area contributed by atoms with Gasteiger partial charge in [-0.25, -0.2) is 4.21 Å². The Balaban J connectivity index is 1.34. The van der Waals surface area contributed by atoms with Crippen LogP contribution >= 0.6 is 34.5 Å². The molecule has 1 aliphatic rings. The smallest absolute Gasteiger partial charge is 0.224 e. The SMILES string of the molecule is O=C1CCc2cc(OCCC/C=N/S(=O)c3ccc(Cl)c(Cl)c3C(=O)c3cccs3)ccc2N1. The number of ketones is 1. The van der Waals surface area contributed by atoms with Gasteiger partial charge in [-0.3, -0.25) is 9.59 Å². The first kappa shape index (κ1) is 24.6. The number of carbonyl (C=O) groups is 2. The second-order valence-electron chi connectivity index (χ2n) is 7.44. The first-order valence-electron chi connectivity index (χ1n) is 10.5. The molecule has 1 atom stereocenters. The molecule has 1 unspecified atom stereocenters. The Hall–Kier alpha value is -2.52. The number of hydrogen-bond donors (Lipinski definition) is 1. The number of nitrogens with zero attached hydrogens (tertiary/aromatic N) is 1. The van der Waals surface area contributed by atoms with E-state index in [9.17, 15) is 13.8 Å². The molecule has 10 heteroatoms. The van der Waals surface area contributed by atoms with Gasteiger partial charge in [-0.2, -0.15) is 4.40 Å². The molecular formula is C24H20Cl2N2O4S2. The molecule has 2 aromatic carbocycles. The van der Waals surface area contributed by atoms with Crippen LogP contribution in [0.2, 0.25) is 10.0 Å². The fourth-order valence-corrected chi connectivity index (χ4v) is 5.45. The summed E-state index contributed by atoms with van der Waals surface area (Å²) >= 11 is 13.7. The van der Waals surface area contributed by atoms with Crippen LogP contribution in [0.1, 0.15) is 40.1 Å². The zero-order valence-corrected chi connectivity index (χ0v) is 21.0. The fourth-order valence-electron chi connectivity index (χ4n) is 3.41. The van der Waals surface area contributed by atoms with Gasteiger partial charge in [0.05, 0.1) is 32.0 Å². The van der Waals surface area contributed by atoms with E-state index in [1.54, 1.807) is 23.7 Å². The Bertz CT molecular complexity index is 1280. The fraction of sp³-hybridized carbons (Fsp3) is 0.208. The topological polar surface area (TPSA) is 84.8 Å². The van der Waals surface area contributed by atoms with Gasteiger partial charge >= 0.3 is 0 Å². The number of fused-ring (bicyclic) bond motifs is 1. The van der Waals surface area contributed by atoms with Crippen molar-refractivity contribution in [1.82, 2.24) is 0 Å². The lowest BCUT2D eigenvalue weighted by molar-refractivity contribution is -0.116. The van der Waals surface area contributed by atoms with Crippen LogP contribution in [-0.2, 0) is 22.2 Å². The maximum Gasteiger partial charge on any atom is 0.224 e. The number of amides is 1. The summed E-state index contributed by atoms with van der Waals surface area (Å²) < 4.78 is 22.7. The first-order chi connectivity index (χ1) is 16.4. The standard InChI is InChI=1S/C24H20Cl2N2O4S2/c25-17-7-9-20(22(23(17)26)24(30)19-4-3-13-33-19)34(31)27-11-1-2-12-32-16-6-8-18-15(14-16)5-10-21(29)28-18/h3-4,6-9,11,13-14H,1-2,5,10,12H2,(H,28,29)/b27-11+. The number of aryl methyl sites for hydroxylation is 1. The quantitative estimate of drug-likeness (QED) is 0.203. The predicted molar refractivity (Wildman–Crippen MR) is 137 cm³/mol. The minimum absolute atomic E-state index is 0.0294. The van der Waals surface area contributed by atoms with Gasteiger partial charge in [-0.1, -0.05) is 29.3 Å². The molecule has 0 bridgehead atoms. The summed E-state index contributed by atoms with van der Waals surface area (Å²) in [5.41, 5.74) is 2.00. The zero-order valence-electron chi connectivity index (χ0n) is 17.9. The van der Waals surface area contributed by atoms with Crippen LogP contribution in [0, 0.1) is 0 Å². The molecule has 34 heavy (non-hydrogen) atoms. The van der Waals surface area contributed by atoms with Gasteiger partial charge in [0.1, 0.15) is 5.75 Å². The van der Waals surface area contributed by atoms with E-state index in [2.05, 4.69) is 9.71 Å². The first-order valence-corrected chi connectivity index (χ1v) is 13.2. The van der Waals surface area contributed by atoms with E-state index in [0.717, 1.165) is 17.0 Å². The van der Waals surface area contributed by atoms with Crippen LogP contribution in [0.3, 0.4) is 0 Å². The maximum atomic E-state index is 12.9. The highest BCUT2D eigenvalue weighted by Gasteiger charge is 2.23. The highest BCUT2D eigenvalue weighted by atomic mass is 35.5. The number of nitrogens with one attached hydrogen (secondary N) is 1. The number of unbranched alkanes of at least 4 members (excludes halogenated alkanes) is 1. The number of benzene rings is 2. The molecule has 1 aromatic heterocycles. The van der Waals surface area contributed by atoms with Crippen molar-refractivity contribution in [3.05, 3.63) is 73.9 Å². The van der Waals surface area contributed by atoms with E-state index < -0.39 is 11.0 Å². The number of rotatable bonds is 9. The lowest BCUT2D eigenvalue weighted by Gasteiger charge is -2.17. The minimum atomic E-state index is -1.81. The Kier molecular flexibility index (Phi) is 8.15. The van der Waals surface area contributed by atoms with Gasteiger partial charge in [0, 0.05) is 18.3 Å². The van der Waals surface area contributed by atoms with Crippen LogP contribution in [0.5, 0.6) is 5.75 Å². The molecular weight excluding hydrogens is 515 g/mol. The van der Waals surface area contributed by atoms with Gasteiger partial charge in [0.2, 0.25) is 11.7 Å². The second-order valence-corrected chi connectivity index (χ2v) is 10.3. The molecule has 0 fully saturated rings. The molecule has 1 aliphatic heterocycles. The van der Waals surface area contributed by atoms with Crippen LogP contribution in [-0.4, -0.2) is 28.7 Å². The van der Waals surface area contributed by atoms with Crippen molar-refractivity contribution in [3.8, 4) is 5.75 Å². The number of anilines is 1. The maximum absolute atomic E-state index is 12.9. The number of carbonyl (C=O) groups excluding carboxylic acids is 2. The Labute approximate surface area is 213 Å². The van der Waals surface area contributed by atoms with E-state index in [0.29, 0.717) is 37.2 Å². The van der Waals surface area contributed by atoms with Crippen LogP contribution in [0.4, 0.5) is 5.69 Å². The molecule has 0 spiro atoms. The van der Waals surface area contributed by atoms with Crippen molar-refractivity contribution in [2.75, 3.05) is 11.9 Å². The molecule has 0 saturated carbocycles. The predicted octanol–water partition coefficient (Wildman–Crippen LogP) is 6.12. The van der Waals surface area contributed by atoms with Gasteiger partial charge in [-0.05, 0) is 66.6 Å². The zero-order chi connectivity index (χ0) is 24.1. The van der Waals surface area contributed by atoms with Gasteiger partial charge in [0.15, 0.2) is 11.0 Å². The number of hydrogen-bond acceptors (Lipinski definition) is 5. The number of ether oxygens (including phenoxy) is 1. The van der Waals surface area contributed by atoms with E-state index >= 15 is 0 Å². The van der Waals surface area contributed by atoms with Gasteiger partial charge in [0.25, 0.3) is 0 Å². The van der Waals surface area contributed by atoms with Gasteiger partial charge < -0.3 is 10.1 Å². The van der Waals surface area contributed by atoms with Crippen molar-refractivity contribution in [3.63, 3.8) is 0 Å². The third-order valence-corrected chi connectivity index (χ3v) is 7.84. The second kappa shape index (κ2) is 11.3. The molecule has 0 aliphatic carbocycles. The normalized spacial score (nSPS) is 14.0. The highest BCUT2D eigenvalue weighted by Crippen LogP contribution is 2.33. The van der Waals surface area contributed by atoms with E-state index in [1.807, 2.05) is 18.2 Å². The summed E-state index contributed by atoms with van der Waals surface area (Å²) in [6, 6.07) is 12.1. The lowest BCUT2D eigenvalue weighted by Crippen LogP contribution is -2.18. The molecule has 2 heterocycles. The van der Waals surface area contributed by atoms with E-state index in [1.165, 1.54) is 23.5 Å². The minimum Gasteiger partial charge on any atom is -0.494 e. The van der Waals surface area contributed by atoms with E-state index in [4.69, 9.17) is 27.9 Å². The van der Waals surface area contributed by atoms with Crippen LogP contribution in [0.25, 0.3) is 0 Å². The molecule has 176 valence electrons. The summed E-state index contributed by atoms with van der Waals surface area (Å²) in [4.78, 5) is 25.1. The number of thiophene rings is 1. The van der Waals surface area contributed by atoms with Crippen LogP contribution < -0.4 is 10.1 Å². The van der Waals surface area contributed by atoms with E-state index in [-0.39, 0.29) is 32.2 Å². The Morgan fingerprint density at radius 3 is 2.85 bits per heavy atom. The van der Waals surface area contributed by atoms with Crippen molar-refractivity contribution in [2.45, 2.75) is 30.6 Å². The number of halogens is 2. The van der Waals surface area contributed by atoms with Crippen molar-refractivity contribution in [1.29, 1.82) is 0 Å². The van der Waals surface area contributed by atoms with Crippen molar-refractivity contribution in [2.24, 2.45) is 4.40 Å². The third-order valence-electron chi connectivity index (χ3n) is 5.11. The van der Waals surface area contributed by atoms with Gasteiger partial charge in [-0.15, -0.1) is 11.3 Å². The van der Waals surface area contributed by atoms with Crippen molar-refractivity contribution < 1.29 is 18.5 Å². The Morgan fingerprint density at radius 2 is 2.06 bits per heavy atom. The largest absolute Gasteiger partial charge is 0.494 e. The lowest BCUT2D eigenvalue weighted by atomic mass is 10.0. The summed E-state index contributed by atoms with van der Waals surface area (Å²) in [6.45, 7) is 0.457. The summed E-state index contributed by atoms with van der Waals surface area (Å²) in [7, 11) is -1.81. The molecule has 1 N–H and O–H groups in total. The molecule has 4 rings (SSSR count). The monoisotopic (exact) mass is 534 g/mol. The molecule has 1 amide bonds. The Morgan fingerprint density at radius 1 is 1.21 bits per heavy atom. The molecule has 6 nitrogen and oxygen atoms in total. The summed E-state index contributed by atoms with van der Waals surface area (Å²) in [5, 5.41) is 4.91. The third kappa shape index (κ3) is 5.75. The average molecular weight is 535 g/mol. The highest BCUT2D eigenvalue weighted by molar-refractivity contribution is 7.84. The molecule has 3 aromatic rings. The molecule has 0 saturated heterocycles. The molecule has 0 radical (unpaired) electrons. The van der Waals surface area contributed by atoms with Crippen LogP contribution in [0.15, 0.2) is 57.1 Å².